The Morgan fingerprint density at radius 3 is 1.87 bits per heavy atom. The predicted octanol–water partition coefficient (Wildman–Crippen LogP) is 4.04. The van der Waals surface area contributed by atoms with Crippen LogP contribution in [0.15, 0.2) is 82.4 Å². The molecule has 1 N–H and O–H groups in total. The molecule has 3 rings (SSSR count). The lowest BCUT2D eigenvalue weighted by Crippen LogP contribution is -2.25. The van der Waals surface area contributed by atoms with Crippen LogP contribution >= 0.6 is 15.9 Å². The van der Waals surface area contributed by atoms with Crippen LogP contribution in [-0.2, 0) is 17.2 Å². The van der Waals surface area contributed by atoms with Gasteiger partial charge in [-0.15, -0.1) is 0 Å². The van der Waals surface area contributed by atoms with E-state index in [-0.39, 0.29) is 4.90 Å². The van der Waals surface area contributed by atoms with Crippen molar-refractivity contribution in [2.75, 3.05) is 13.7 Å². The van der Waals surface area contributed by atoms with Gasteiger partial charge in [0.25, 0.3) is 0 Å². The lowest BCUT2D eigenvalue weighted by Gasteiger charge is -2.05. The Labute approximate surface area is 192 Å². The second kappa shape index (κ2) is 13.7. The van der Waals surface area contributed by atoms with Gasteiger partial charge in [0.2, 0.25) is 0 Å². The normalized spacial score (nSPS) is 10.5. The molecule has 0 unspecified atom stereocenters. The molecule has 0 amide bonds. The molecule has 31 heavy (non-hydrogen) atoms. The molecule has 0 atom stereocenters. The number of hydrogen-bond acceptors (Lipinski definition) is 5. The molecule has 0 bridgehead atoms. The van der Waals surface area contributed by atoms with E-state index in [4.69, 9.17) is 9.84 Å². The highest BCUT2D eigenvalue weighted by atomic mass is 79.9. The van der Waals surface area contributed by atoms with Gasteiger partial charge in [0.15, 0.2) is 12.4 Å². The highest BCUT2D eigenvalue weighted by molar-refractivity contribution is 9.10. The lowest BCUT2D eigenvalue weighted by molar-refractivity contribution is -0.671. The van der Waals surface area contributed by atoms with E-state index >= 15 is 0 Å². The Bertz CT molecular complexity index is 1030. The van der Waals surface area contributed by atoms with Crippen LogP contribution < -0.4 is 9.30 Å². The molecule has 0 fully saturated rings. The van der Waals surface area contributed by atoms with E-state index in [1.54, 1.807) is 0 Å². The molecular formula is C23H26BrNO5S. The molecule has 0 aliphatic carbocycles. The van der Waals surface area contributed by atoms with E-state index in [2.05, 4.69) is 52.3 Å². The Morgan fingerprint density at radius 1 is 0.935 bits per heavy atom. The third kappa shape index (κ3) is 10.4. The molecule has 8 heteroatoms. The molecule has 0 aliphatic heterocycles. The van der Waals surface area contributed by atoms with E-state index in [1.165, 1.54) is 35.4 Å². The van der Waals surface area contributed by atoms with Gasteiger partial charge >= 0.3 is 0 Å². The zero-order valence-electron chi connectivity index (χ0n) is 17.6. The number of aliphatic hydroxyl groups is 1. The summed E-state index contributed by atoms with van der Waals surface area (Å²) >= 11 is 3.12. The number of aromatic nitrogens is 1. The zero-order chi connectivity index (χ0) is 23.3. The van der Waals surface area contributed by atoms with Crippen molar-refractivity contribution in [2.24, 2.45) is 7.05 Å². The highest BCUT2D eigenvalue weighted by Gasteiger charge is 1.98. The fourth-order valence-electron chi connectivity index (χ4n) is 2.26. The fraction of sp³-hybridized carbons (Fsp3) is 0.174. The van der Waals surface area contributed by atoms with Gasteiger partial charge in [0.1, 0.15) is 22.9 Å². The maximum atomic E-state index is 10.4. The summed E-state index contributed by atoms with van der Waals surface area (Å²) < 4.78 is 39.3. The van der Waals surface area contributed by atoms with E-state index in [1.807, 2.05) is 43.1 Å². The van der Waals surface area contributed by atoms with E-state index in [9.17, 15) is 13.0 Å². The number of nitrogens with zero attached hydrogens (tertiary/aromatic N) is 1. The van der Waals surface area contributed by atoms with Crippen molar-refractivity contribution in [3.63, 3.8) is 0 Å². The van der Waals surface area contributed by atoms with Crippen LogP contribution in [0.1, 0.15) is 18.1 Å². The Kier molecular flexibility index (Phi) is 11.7. The molecule has 0 saturated carbocycles. The summed E-state index contributed by atoms with van der Waals surface area (Å²) in [5.41, 5.74) is 2.37. The van der Waals surface area contributed by atoms with E-state index in [0.29, 0.717) is 6.61 Å². The molecule has 0 aliphatic rings. The number of hydrogen-bond donors (Lipinski definition) is 1. The number of ether oxygens (including phenoxy) is 1. The number of pyridine rings is 1. The number of rotatable bonds is 5. The van der Waals surface area contributed by atoms with Crippen molar-refractivity contribution in [1.29, 1.82) is 0 Å². The number of halogens is 1. The number of benzene rings is 2. The smallest absolute Gasteiger partial charge is 0.169 e. The van der Waals surface area contributed by atoms with E-state index < -0.39 is 10.1 Å². The number of aryl methyl sites for hydroxylation is 1. The molecule has 166 valence electrons. The Hall–Kier alpha value is -2.52. The summed E-state index contributed by atoms with van der Waals surface area (Å²) in [6, 6.07) is 17.8. The van der Waals surface area contributed by atoms with Gasteiger partial charge in [-0.1, -0.05) is 40.2 Å². The first-order valence-corrected chi connectivity index (χ1v) is 11.5. The topological polar surface area (TPSA) is 90.5 Å². The minimum Gasteiger partial charge on any atom is -0.744 e. The predicted molar refractivity (Wildman–Crippen MR) is 124 cm³/mol. The van der Waals surface area contributed by atoms with Gasteiger partial charge in [0.05, 0.1) is 11.5 Å². The van der Waals surface area contributed by atoms with Gasteiger partial charge in [-0.2, -0.15) is 0 Å². The minimum atomic E-state index is -4.29. The first-order valence-electron chi connectivity index (χ1n) is 9.30. The first-order chi connectivity index (χ1) is 14.8. The molecule has 3 aromatic rings. The summed E-state index contributed by atoms with van der Waals surface area (Å²) in [6.45, 7) is 2.69. The summed E-state index contributed by atoms with van der Waals surface area (Å²) in [6.07, 6.45) is 8.29. The van der Waals surface area contributed by atoms with Gasteiger partial charge < -0.3 is 14.4 Å². The van der Waals surface area contributed by atoms with Crippen LogP contribution in [0, 0.1) is 0 Å². The number of aliphatic hydroxyl groups excluding tert-OH is 1. The zero-order valence-corrected chi connectivity index (χ0v) is 20.0. The molecule has 2 aromatic carbocycles. The maximum Gasteiger partial charge on any atom is 0.169 e. The second-order valence-electron chi connectivity index (χ2n) is 6.04. The second-order valence-corrected chi connectivity index (χ2v) is 8.34. The van der Waals surface area contributed by atoms with E-state index in [0.717, 1.165) is 17.3 Å². The van der Waals surface area contributed by atoms with Crippen LogP contribution in [0.2, 0.25) is 0 Å². The highest BCUT2D eigenvalue weighted by Crippen LogP contribution is 2.15. The monoisotopic (exact) mass is 507 g/mol. The van der Waals surface area contributed by atoms with Crippen molar-refractivity contribution in [2.45, 2.75) is 11.8 Å². The Morgan fingerprint density at radius 2 is 1.42 bits per heavy atom. The van der Waals surface area contributed by atoms with Crippen LogP contribution in [0.3, 0.4) is 0 Å². The average molecular weight is 508 g/mol. The summed E-state index contributed by atoms with van der Waals surface area (Å²) in [4.78, 5) is -0.208. The molecule has 0 radical (unpaired) electrons. The molecule has 6 nitrogen and oxygen atoms in total. The molecule has 0 saturated heterocycles. The van der Waals surface area contributed by atoms with Gasteiger partial charge in [0, 0.05) is 23.7 Å². The molecule has 1 heterocycles. The van der Waals surface area contributed by atoms with Crippen LogP contribution in [0.5, 0.6) is 5.75 Å². The van der Waals surface area contributed by atoms with Crippen LogP contribution in [0.4, 0.5) is 0 Å². The van der Waals surface area contributed by atoms with Crippen LogP contribution in [-0.4, -0.2) is 31.8 Å². The summed E-state index contributed by atoms with van der Waals surface area (Å²) in [7, 11) is -1.28. The van der Waals surface area contributed by atoms with Crippen molar-refractivity contribution < 1.29 is 27.4 Å². The van der Waals surface area contributed by atoms with Gasteiger partial charge in [-0.05, 0) is 54.4 Å². The van der Waals surface area contributed by atoms with Crippen LogP contribution in [0.25, 0.3) is 12.2 Å². The third-order valence-electron chi connectivity index (χ3n) is 3.77. The largest absolute Gasteiger partial charge is 0.744 e. The quantitative estimate of drug-likeness (QED) is 0.415. The fourth-order valence-corrected chi connectivity index (χ4v) is 2.99. The van der Waals surface area contributed by atoms with Crippen molar-refractivity contribution in [1.82, 2.24) is 0 Å². The van der Waals surface area contributed by atoms with Crippen molar-refractivity contribution >= 4 is 38.2 Å². The minimum absolute atomic E-state index is 0.208. The first kappa shape index (κ1) is 26.5. The van der Waals surface area contributed by atoms with Gasteiger partial charge in [-0.3, -0.25) is 0 Å². The third-order valence-corrected chi connectivity index (χ3v) is 5.14. The molecular weight excluding hydrogens is 482 g/mol. The standard InChI is InChI=1S/C16H18NO.C6H5BrO3S.CH4O/c1-3-18-16-8-6-14(7-9-16)4-5-15-10-12-17(2)13-11-15;7-5-1-3-6(4-2-5)11(8,9)10;1-2/h4-13H,3H2,1-2H3;1-4H,(H,8,9,10);2H,1H3/q+1;;/p-1/b5-4+;;. The van der Waals surface area contributed by atoms with Crippen molar-refractivity contribution in [3.05, 3.63) is 88.7 Å². The molecule has 0 spiro atoms. The summed E-state index contributed by atoms with van der Waals surface area (Å²) in [5, 5.41) is 7.00. The van der Waals surface area contributed by atoms with Gasteiger partial charge in [-0.25, -0.2) is 13.0 Å². The average Bonchev–Trinajstić information content (AvgIpc) is 2.76. The lowest BCUT2D eigenvalue weighted by atomic mass is 10.1. The van der Waals surface area contributed by atoms with Crippen molar-refractivity contribution in [3.8, 4) is 5.75 Å². The Balaban J connectivity index is 0.000000317. The summed E-state index contributed by atoms with van der Waals surface area (Å²) in [5.74, 6) is 0.918. The molecule has 1 aromatic heterocycles. The maximum absolute atomic E-state index is 10.4. The SMILES string of the molecule is CCOc1ccc(/C=C/c2cc[n+](C)cc2)cc1.CO.O=S(=O)([O-])c1ccc(Br)cc1.